The van der Waals surface area contributed by atoms with Crippen LogP contribution in [0.15, 0.2) is 30.3 Å². The molecule has 1 aliphatic rings. The predicted molar refractivity (Wildman–Crippen MR) is 77.3 cm³/mol. The lowest BCUT2D eigenvalue weighted by Gasteiger charge is -2.17. The van der Waals surface area contributed by atoms with E-state index in [9.17, 15) is 9.59 Å². The van der Waals surface area contributed by atoms with Gasteiger partial charge in [0.05, 0.1) is 0 Å². The number of nitrogens with two attached hydrogens (primary N) is 1. The Kier molecular flexibility index (Phi) is 4.81. The molecule has 0 radical (unpaired) electrons. The van der Waals surface area contributed by atoms with Crippen molar-refractivity contribution in [3.05, 3.63) is 30.3 Å². The molecule has 0 aromatic heterocycles. The van der Waals surface area contributed by atoms with Gasteiger partial charge in [-0.2, -0.15) is 0 Å². The summed E-state index contributed by atoms with van der Waals surface area (Å²) in [6.07, 6.45) is 1.23. The molecule has 6 nitrogen and oxygen atoms in total. The highest BCUT2D eigenvalue weighted by molar-refractivity contribution is 5.78. The van der Waals surface area contributed by atoms with E-state index >= 15 is 0 Å². The smallest absolute Gasteiger partial charge is 0.312 e. The third-order valence-corrected chi connectivity index (χ3v) is 3.32. The zero-order chi connectivity index (χ0) is 14.4. The van der Waals surface area contributed by atoms with Crippen molar-refractivity contribution in [2.75, 3.05) is 25.0 Å². The van der Waals surface area contributed by atoms with Crippen LogP contribution in [-0.2, 0) is 4.79 Å². The molecule has 1 aromatic rings. The second-order valence-corrected chi connectivity index (χ2v) is 4.88. The van der Waals surface area contributed by atoms with Gasteiger partial charge in [-0.15, -0.1) is 0 Å². The molecule has 2 rings (SSSR count). The van der Waals surface area contributed by atoms with Crippen molar-refractivity contribution < 1.29 is 9.59 Å². The topological polar surface area (TPSA) is 87.5 Å². The van der Waals surface area contributed by atoms with E-state index in [-0.39, 0.29) is 11.9 Å². The van der Waals surface area contributed by atoms with Crippen LogP contribution in [0.4, 0.5) is 10.5 Å². The number of nitrogens with zero attached hydrogens (tertiary/aromatic N) is 1. The van der Waals surface area contributed by atoms with Gasteiger partial charge >= 0.3 is 6.03 Å². The second-order valence-electron chi connectivity index (χ2n) is 4.88. The summed E-state index contributed by atoms with van der Waals surface area (Å²) in [4.78, 5) is 24.3. The van der Waals surface area contributed by atoms with Gasteiger partial charge in [-0.25, -0.2) is 4.79 Å². The van der Waals surface area contributed by atoms with Crippen LogP contribution < -0.4 is 16.4 Å². The summed E-state index contributed by atoms with van der Waals surface area (Å²) in [5.74, 6) is 0.0520. The summed E-state index contributed by atoms with van der Waals surface area (Å²) in [5, 5.41) is 5.84. The molecule has 108 valence electrons. The third-order valence-electron chi connectivity index (χ3n) is 3.32. The number of urea groups is 1. The Morgan fingerprint density at radius 2 is 2.05 bits per heavy atom. The van der Waals surface area contributed by atoms with Gasteiger partial charge in [-0.05, 0) is 18.6 Å². The molecule has 1 aromatic carbocycles. The average molecular weight is 276 g/mol. The summed E-state index contributed by atoms with van der Waals surface area (Å²) in [7, 11) is 0. The van der Waals surface area contributed by atoms with E-state index in [1.54, 1.807) is 0 Å². The van der Waals surface area contributed by atoms with Crippen LogP contribution >= 0.6 is 0 Å². The van der Waals surface area contributed by atoms with E-state index in [1.165, 1.54) is 0 Å². The molecule has 0 bridgehead atoms. The second kappa shape index (κ2) is 6.79. The summed E-state index contributed by atoms with van der Waals surface area (Å²) in [6, 6.07) is 9.66. The molecule has 0 aliphatic carbocycles. The number of anilines is 1. The van der Waals surface area contributed by atoms with Crippen LogP contribution in [0.1, 0.15) is 12.8 Å². The average Bonchev–Trinajstić information content (AvgIpc) is 2.88. The Morgan fingerprint density at radius 1 is 1.30 bits per heavy atom. The fourth-order valence-corrected chi connectivity index (χ4v) is 2.33. The van der Waals surface area contributed by atoms with Gasteiger partial charge < -0.3 is 21.3 Å². The lowest BCUT2D eigenvalue weighted by Crippen LogP contribution is -2.36. The normalized spacial score (nSPS) is 17.8. The molecule has 4 N–H and O–H groups in total. The molecule has 20 heavy (non-hydrogen) atoms. The zero-order valence-corrected chi connectivity index (χ0v) is 11.3. The summed E-state index contributed by atoms with van der Waals surface area (Å²) in [6.45, 7) is 1.74. The monoisotopic (exact) mass is 276 g/mol. The van der Waals surface area contributed by atoms with Crippen LogP contribution in [0.2, 0.25) is 0 Å². The zero-order valence-electron chi connectivity index (χ0n) is 11.3. The van der Waals surface area contributed by atoms with Crippen LogP contribution in [0, 0.1) is 0 Å². The van der Waals surface area contributed by atoms with Crippen molar-refractivity contribution in [3.8, 4) is 0 Å². The fraction of sp³-hybridized carbons (Fsp3) is 0.429. The highest BCUT2D eigenvalue weighted by Gasteiger charge is 2.25. The van der Waals surface area contributed by atoms with Crippen molar-refractivity contribution in [2.45, 2.75) is 18.9 Å². The number of carbonyl (C=O) groups excluding carboxylic acids is 2. The molecule has 1 fully saturated rings. The minimum absolute atomic E-state index is 0.0520. The maximum absolute atomic E-state index is 11.9. The number of para-hydroxylation sites is 1. The molecule has 6 heteroatoms. The Morgan fingerprint density at radius 3 is 2.75 bits per heavy atom. The first kappa shape index (κ1) is 14.2. The van der Waals surface area contributed by atoms with Gasteiger partial charge in [0.2, 0.25) is 5.91 Å². The number of primary amides is 1. The van der Waals surface area contributed by atoms with Gasteiger partial charge in [0.1, 0.15) is 0 Å². The quantitative estimate of drug-likeness (QED) is 0.742. The Balaban J connectivity index is 1.74. The van der Waals surface area contributed by atoms with E-state index in [0.29, 0.717) is 19.5 Å². The third kappa shape index (κ3) is 4.15. The SMILES string of the molecule is NC(=O)NCCC(=O)N1CCC(Nc2ccccc2)C1. The van der Waals surface area contributed by atoms with Gasteiger partial charge in [-0.3, -0.25) is 4.79 Å². The molecule has 0 saturated carbocycles. The number of carbonyl (C=O) groups is 2. The first-order valence-corrected chi connectivity index (χ1v) is 6.78. The lowest BCUT2D eigenvalue weighted by molar-refractivity contribution is -0.129. The van der Waals surface area contributed by atoms with E-state index in [2.05, 4.69) is 10.6 Å². The first-order chi connectivity index (χ1) is 9.65. The summed E-state index contributed by atoms with van der Waals surface area (Å²) in [5.41, 5.74) is 6.03. The van der Waals surface area contributed by atoms with Gasteiger partial charge in [0, 0.05) is 37.8 Å². The van der Waals surface area contributed by atoms with Gasteiger partial charge in [-0.1, -0.05) is 18.2 Å². The van der Waals surface area contributed by atoms with Gasteiger partial charge in [0.25, 0.3) is 0 Å². The molecule has 0 spiro atoms. The van der Waals surface area contributed by atoms with Crippen molar-refractivity contribution in [3.63, 3.8) is 0 Å². The Bertz CT molecular complexity index is 464. The summed E-state index contributed by atoms with van der Waals surface area (Å²) >= 11 is 0. The fourth-order valence-electron chi connectivity index (χ4n) is 2.33. The van der Waals surface area contributed by atoms with E-state index in [4.69, 9.17) is 5.73 Å². The largest absolute Gasteiger partial charge is 0.380 e. The molecule has 1 atom stereocenters. The molecular formula is C14H20N4O2. The van der Waals surface area contributed by atoms with Crippen LogP contribution in [0.5, 0.6) is 0 Å². The van der Waals surface area contributed by atoms with Crippen molar-refractivity contribution in [1.82, 2.24) is 10.2 Å². The number of benzene rings is 1. The molecule has 3 amide bonds. The highest BCUT2D eigenvalue weighted by atomic mass is 16.2. The molecule has 1 saturated heterocycles. The molecule has 1 unspecified atom stereocenters. The van der Waals surface area contributed by atoms with Crippen LogP contribution in [0.25, 0.3) is 0 Å². The van der Waals surface area contributed by atoms with E-state index < -0.39 is 6.03 Å². The number of hydrogen-bond donors (Lipinski definition) is 3. The van der Waals surface area contributed by atoms with Gasteiger partial charge in [0.15, 0.2) is 0 Å². The standard InChI is InChI=1S/C14H20N4O2/c15-14(20)16-8-6-13(19)18-9-7-12(10-18)17-11-4-2-1-3-5-11/h1-5,12,17H,6-10H2,(H3,15,16,20). The molecule has 1 aliphatic heterocycles. The first-order valence-electron chi connectivity index (χ1n) is 6.78. The van der Waals surface area contributed by atoms with Crippen LogP contribution in [-0.4, -0.2) is 42.5 Å². The minimum Gasteiger partial charge on any atom is -0.380 e. The summed E-state index contributed by atoms with van der Waals surface area (Å²) < 4.78 is 0. The predicted octanol–water partition coefficient (Wildman–Crippen LogP) is 0.758. The van der Waals surface area contributed by atoms with Crippen molar-refractivity contribution in [2.24, 2.45) is 5.73 Å². The van der Waals surface area contributed by atoms with Crippen LogP contribution in [0.3, 0.4) is 0 Å². The number of nitrogens with one attached hydrogen (secondary N) is 2. The highest BCUT2D eigenvalue weighted by Crippen LogP contribution is 2.16. The molecular weight excluding hydrogens is 256 g/mol. The maximum atomic E-state index is 11.9. The van der Waals surface area contributed by atoms with E-state index in [0.717, 1.165) is 18.7 Å². The number of hydrogen-bond acceptors (Lipinski definition) is 3. The Hall–Kier alpha value is -2.24. The Labute approximate surface area is 118 Å². The lowest BCUT2D eigenvalue weighted by atomic mass is 10.2. The number of amides is 3. The van der Waals surface area contributed by atoms with Crippen molar-refractivity contribution >= 4 is 17.6 Å². The van der Waals surface area contributed by atoms with E-state index in [1.807, 2.05) is 35.2 Å². The number of rotatable bonds is 5. The minimum atomic E-state index is -0.595. The maximum Gasteiger partial charge on any atom is 0.312 e. The van der Waals surface area contributed by atoms with Crippen molar-refractivity contribution in [1.29, 1.82) is 0 Å². The number of likely N-dealkylation sites (tertiary alicyclic amines) is 1. The molecule has 1 heterocycles.